The van der Waals surface area contributed by atoms with Crippen LogP contribution in [0.1, 0.15) is 24.2 Å². The van der Waals surface area contributed by atoms with Gasteiger partial charge in [-0.1, -0.05) is 17.7 Å². The molecular formula is C25H23ClN4O2. The first-order valence-corrected chi connectivity index (χ1v) is 11.1. The van der Waals surface area contributed by atoms with E-state index >= 15 is 0 Å². The predicted octanol–water partition coefficient (Wildman–Crippen LogP) is 4.61. The van der Waals surface area contributed by atoms with Gasteiger partial charge in [0, 0.05) is 36.1 Å². The molecule has 0 saturated carbocycles. The molecule has 162 valence electrons. The highest BCUT2D eigenvalue weighted by Crippen LogP contribution is 2.20. The lowest BCUT2D eigenvalue weighted by Gasteiger charge is -2.14. The van der Waals surface area contributed by atoms with Crippen LogP contribution in [0.25, 0.3) is 16.6 Å². The molecule has 0 aliphatic carbocycles. The molecule has 1 aromatic carbocycles. The maximum Gasteiger partial charge on any atom is 0.258 e. The highest BCUT2D eigenvalue weighted by molar-refractivity contribution is 6.30. The average Bonchev–Trinajstić information content (AvgIpc) is 3.31. The Kier molecular flexibility index (Phi) is 5.88. The summed E-state index contributed by atoms with van der Waals surface area (Å²) in [7, 11) is 0. The van der Waals surface area contributed by atoms with E-state index in [0.29, 0.717) is 10.8 Å². The summed E-state index contributed by atoms with van der Waals surface area (Å²) in [5.74, 6) is 0.497. The van der Waals surface area contributed by atoms with E-state index in [0.717, 1.165) is 47.6 Å². The Morgan fingerprint density at radius 1 is 0.969 bits per heavy atom. The Hall–Kier alpha value is -3.22. The van der Waals surface area contributed by atoms with Crippen molar-refractivity contribution in [3.8, 4) is 11.4 Å². The zero-order chi connectivity index (χ0) is 21.9. The Balaban J connectivity index is 1.32. The molecule has 4 aromatic rings. The van der Waals surface area contributed by atoms with Gasteiger partial charge in [-0.25, -0.2) is 0 Å². The molecule has 4 heterocycles. The summed E-state index contributed by atoms with van der Waals surface area (Å²) in [6.45, 7) is 3.46. The highest BCUT2D eigenvalue weighted by Gasteiger charge is 2.13. The first kappa shape index (κ1) is 20.7. The van der Waals surface area contributed by atoms with E-state index in [2.05, 4.69) is 22.0 Å². The molecule has 1 saturated heterocycles. The topological polar surface area (TPSA) is 60.2 Å². The molecule has 1 aliphatic heterocycles. The number of aromatic nitrogens is 3. The quantitative estimate of drug-likeness (QED) is 0.433. The third-order valence-corrected chi connectivity index (χ3v) is 5.88. The lowest BCUT2D eigenvalue weighted by atomic mass is 10.1. The van der Waals surface area contributed by atoms with Crippen molar-refractivity contribution < 1.29 is 4.74 Å². The minimum atomic E-state index is -0.162. The van der Waals surface area contributed by atoms with Gasteiger partial charge in [-0.05, 0) is 68.4 Å². The van der Waals surface area contributed by atoms with Crippen molar-refractivity contribution in [3.63, 3.8) is 0 Å². The van der Waals surface area contributed by atoms with Crippen LogP contribution in [0.5, 0.6) is 5.75 Å². The third kappa shape index (κ3) is 4.66. The number of hydrogen-bond donors (Lipinski definition) is 0. The summed E-state index contributed by atoms with van der Waals surface area (Å²) in [4.78, 5) is 24.1. The number of ether oxygens (including phenoxy) is 1. The number of halogens is 1. The molecule has 1 aliphatic rings. The fourth-order valence-electron chi connectivity index (χ4n) is 3.98. The summed E-state index contributed by atoms with van der Waals surface area (Å²) in [6, 6.07) is 16.9. The molecule has 0 atom stereocenters. The number of fused-ring (bicyclic) bond motifs is 1. The number of hydrogen-bond acceptors (Lipinski definition) is 5. The number of rotatable bonds is 6. The zero-order valence-corrected chi connectivity index (χ0v) is 18.3. The Labute approximate surface area is 191 Å². The second kappa shape index (κ2) is 9.10. The van der Waals surface area contributed by atoms with E-state index in [1.807, 2.05) is 18.2 Å². The summed E-state index contributed by atoms with van der Waals surface area (Å²) >= 11 is 5.85. The number of pyridine rings is 3. The smallest absolute Gasteiger partial charge is 0.258 e. The maximum absolute atomic E-state index is 12.7. The summed E-state index contributed by atoms with van der Waals surface area (Å²) in [5, 5.41) is 1.58. The minimum Gasteiger partial charge on any atom is -0.487 e. The van der Waals surface area contributed by atoms with Crippen LogP contribution in [0.3, 0.4) is 0 Å². The van der Waals surface area contributed by atoms with Crippen molar-refractivity contribution >= 4 is 22.5 Å². The second-order valence-corrected chi connectivity index (χ2v) is 8.43. The molecule has 5 rings (SSSR count). The van der Waals surface area contributed by atoms with Crippen LogP contribution >= 0.6 is 11.6 Å². The van der Waals surface area contributed by atoms with Crippen LogP contribution in [0.4, 0.5) is 0 Å². The average molecular weight is 447 g/mol. The SMILES string of the molecule is O=c1cc(OCc2ccc(Cl)cn2)ccn1-c1ccc2nc(CN3CCCC3)ccc2c1. The molecule has 0 spiro atoms. The third-order valence-electron chi connectivity index (χ3n) is 5.66. The Bertz CT molecular complexity index is 1300. The summed E-state index contributed by atoms with van der Waals surface area (Å²) in [6.07, 6.45) is 5.84. The van der Waals surface area contributed by atoms with Gasteiger partial charge >= 0.3 is 0 Å². The first-order chi connectivity index (χ1) is 15.6. The van der Waals surface area contributed by atoms with Gasteiger partial charge in [0.15, 0.2) is 0 Å². The molecule has 0 unspecified atom stereocenters. The van der Waals surface area contributed by atoms with Gasteiger partial charge in [-0.3, -0.25) is 24.2 Å². The molecule has 32 heavy (non-hydrogen) atoms. The molecule has 6 nitrogen and oxygen atoms in total. The van der Waals surface area contributed by atoms with E-state index < -0.39 is 0 Å². The maximum atomic E-state index is 12.7. The number of nitrogens with zero attached hydrogens (tertiary/aromatic N) is 4. The lowest BCUT2D eigenvalue weighted by molar-refractivity contribution is 0.300. The van der Waals surface area contributed by atoms with Crippen LogP contribution in [0.15, 0.2) is 71.8 Å². The van der Waals surface area contributed by atoms with E-state index in [9.17, 15) is 4.79 Å². The molecule has 1 fully saturated rings. The zero-order valence-electron chi connectivity index (χ0n) is 17.6. The van der Waals surface area contributed by atoms with Crippen molar-refractivity contribution in [1.29, 1.82) is 0 Å². The van der Waals surface area contributed by atoms with Crippen LogP contribution in [-0.4, -0.2) is 32.5 Å². The van der Waals surface area contributed by atoms with Gasteiger partial charge < -0.3 is 4.74 Å². The lowest BCUT2D eigenvalue weighted by Crippen LogP contribution is -2.19. The summed E-state index contributed by atoms with van der Waals surface area (Å²) in [5.41, 5.74) is 3.40. The van der Waals surface area contributed by atoms with Gasteiger partial charge in [0.1, 0.15) is 12.4 Å². The Morgan fingerprint density at radius 2 is 1.81 bits per heavy atom. The van der Waals surface area contributed by atoms with Gasteiger partial charge in [0.05, 0.1) is 21.9 Å². The van der Waals surface area contributed by atoms with Gasteiger partial charge in [0.2, 0.25) is 0 Å². The molecule has 0 radical (unpaired) electrons. The largest absolute Gasteiger partial charge is 0.487 e. The van der Waals surface area contributed by atoms with Crippen LogP contribution in [0.2, 0.25) is 5.02 Å². The van der Waals surface area contributed by atoms with Crippen molar-refractivity contribution in [1.82, 2.24) is 19.4 Å². The Morgan fingerprint density at radius 3 is 2.59 bits per heavy atom. The monoisotopic (exact) mass is 446 g/mol. The standard InChI is InChI=1S/C25H23ClN4O2/c26-19-4-6-21(27-15-19)17-32-23-9-12-30(25(31)14-23)22-7-8-24-18(13-22)3-5-20(28-24)16-29-10-1-2-11-29/h3-9,12-15H,1-2,10-11,16-17H2. The van der Waals surface area contributed by atoms with Crippen LogP contribution in [0, 0.1) is 0 Å². The number of likely N-dealkylation sites (tertiary alicyclic amines) is 1. The van der Waals surface area contributed by atoms with Crippen molar-refractivity contribution in [2.24, 2.45) is 0 Å². The van der Waals surface area contributed by atoms with Gasteiger partial charge in [-0.2, -0.15) is 0 Å². The van der Waals surface area contributed by atoms with Crippen molar-refractivity contribution in [2.45, 2.75) is 26.0 Å². The van der Waals surface area contributed by atoms with Gasteiger partial charge in [0.25, 0.3) is 5.56 Å². The molecule has 0 N–H and O–H groups in total. The molecule has 3 aromatic heterocycles. The predicted molar refractivity (Wildman–Crippen MR) is 125 cm³/mol. The van der Waals surface area contributed by atoms with Gasteiger partial charge in [-0.15, -0.1) is 0 Å². The van der Waals surface area contributed by atoms with Crippen molar-refractivity contribution in [3.05, 3.63) is 93.8 Å². The van der Waals surface area contributed by atoms with Crippen LogP contribution < -0.4 is 10.3 Å². The minimum absolute atomic E-state index is 0.162. The fraction of sp³-hybridized carbons (Fsp3) is 0.240. The molecule has 7 heteroatoms. The van der Waals surface area contributed by atoms with Crippen LogP contribution in [-0.2, 0) is 13.2 Å². The first-order valence-electron chi connectivity index (χ1n) is 10.7. The normalized spacial score (nSPS) is 14.2. The molecular weight excluding hydrogens is 424 g/mol. The fourth-order valence-corrected chi connectivity index (χ4v) is 4.09. The van der Waals surface area contributed by atoms with E-state index in [4.69, 9.17) is 21.3 Å². The molecule has 0 amide bonds. The highest BCUT2D eigenvalue weighted by atomic mass is 35.5. The van der Waals surface area contributed by atoms with Crippen molar-refractivity contribution in [2.75, 3.05) is 13.1 Å². The van der Waals surface area contributed by atoms with E-state index in [1.54, 1.807) is 35.2 Å². The second-order valence-electron chi connectivity index (χ2n) is 7.99. The summed E-state index contributed by atoms with van der Waals surface area (Å²) < 4.78 is 7.31. The van der Waals surface area contributed by atoms with E-state index in [-0.39, 0.29) is 12.2 Å². The van der Waals surface area contributed by atoms with E-state index in [1.165, 1.54) is 18.9 Å². The molecule has 0 bridgehead atoms. The number of benzene rings is 1.